The molecule has 5 heteroatoms. The first-order valence-corrected chi connectivity index (χ1v) is 7.38. The van der Waals surface area contributed by atoms with Gasteiger partial charge < -0.3 is 5.11 Å². The summed E-state index contributed by atoms with van der Waals surface area (Å²) in [5, 5.41) is 12.7. The average Bonchev–Trinajstić information content (AvgIpc) is 2.46. The standard InChI is InChI=1S/C18H20F3NO/c1-13(23)22-17(2,12-14-7-4-3-5-8-14)15-9-6-10-16(11-15)18(19,20)21/h3-11,13,22-23H,12H2,1-2H3/t13-,17?/m1/s1. The van der Waals surface area contributed by atoms with E-state index in [4.69, 9.17) is 0 Å². The van der Waals surface area contributed by atoms with Crippen molar-refractivity contribution in [1.29, 1.82) is 0 Å². The van der Waals surface area contributed by atoms with Gasteiger partial charge in [-0.05, 0) is 43.5 Å². The SMILES string of the molecule is C[C@@H](O)NC(C)(Cc1ccccc1)c1cccc(C(F)(F)F)c1. The molecule has 2 aromatic rings. The van der Waals surface area contributed by atoms with Gasteiger partial charge in [0, 0.05) is 5.54 Å². The van der Waals surface area contributed by atoms with Crippen LogP contribution in [-0.4, -0.2) is 11.3 Å². The number of aliphatic hydroxyl groups excluding tert-OH is 1. The quantitative estimate of drug-likeness (QED) is 0.812. The second kappa shape index (κ2) is 6.72. The molecule has 0 bridgehead atoms. The Kier molecular flexibility index (Phi) is 5.12. The zero-order valence-corrected chi connectivity index (χ0v) is 13.1. The van der Waals surface area contributed by atoms with Crippen molar-refractivity contribution in [1.82, 2.24) is 5.32 Å². The highest BCUT2D eigenvalue weighted by molar-refractivity contribution is 5.33. The minimum atomic E-state index is -4.39. The monoisotopic (exact) mass is 323 g/mol. The molecule has 1 unspecified atom stereocenters. The maximum absolute atomic E-state index is 13.0. The molecule has 0 aromatic heterocycles. The number of nitrogens with one attached hydrogen (secondary N) is 1. The van der Waals surface area contributed by atoms with E-state index < -0.39 is 23.5 Å². The van der Waals surface area contributed by atoms with Crippen LogP contribution in [0.25, 0.3) is 0 Å². The molecule has 0 aliphatic heterocycles. The third-order valence-corrected chi connectivity index (χ3v) is 3.75. The summed E-state index contributed by atoms with van der Waals surface area (Å²) in [6, 6.07) is 14.7. The van der Waals surface area contributed by atoms with Crippen molar-refractivity contribution in [3.63, 3.8) is 0 Å². The van der Waals surface area contributed by atoms with Crippen molar-refractivity contribution in [2.45, 2.75) is 38.2 Å². The Balaban J connectivity index is 2.42. The highest BCUT2D eigenvalue weighted by Crippen LogP contribution is 2.33. The fraction of sp³-hybridized carbons (Fsp3) is 0.333. The molecule has 0 saturated heterocycles. The first-order valence-electron chi connectivity index (χ1n) is 7.38. The van der Waals surface area contributed by atoms with E-state index in [9.17, 15) is 18.3 Å². The minimum Gasteiger partial charge on any atom is -0.379 e. The van der Waals surface area contributed by atoms with Crippen molar-refractivity contribution in [3.8, 4) is 0 Å². The largest absolute Gasteiger partial charge is 0.416 e. The number of rotatable bonds is 5. The van der Waals surface area contributed by atoms with E-state index in [1.807, 2.05) is 30.3 Å². The highest BCUT2D eigenvalue weighted by atomic mass is 19.4. The number of hydrogen-bond donors (Lipinski definition) is 2. The fourth-order valence-corrected chi connectivity index (χ4v) is 2.74. The Morgan fingerprint density at radius 3 is 2.17 bits per heavy atom. The molecule has 23 heavy (non-hydrogen) atoms. The van der Waals surface area contributed by atoms with Gasteiger partial charge in [0.1, 0.15) is 6.23 Å². The smallest absolute Gasteiger partial charge is 0.379 e. The normalized spacial score (nSPS) is 15.9. The van der Waals surface area contributed by atoms with Gasteiger partial charge in [-0.3, -0.25) is 5.32 Å². The van der Waals surface area contributed by atoms with Gasteiger partial charge in [0.25, 0.3) is 0 Å². The molecule has 0 fully saturated rings. The summed E-state index contributed by atoms with van der Waals surface area (Å²) in [4.78, 5) is 0. The van der Waals surface area contributed by atoms with Crippen LogP contribution in [0.15, 0.2) is 54.6 Å². The lowest BCUT2D eigenvalue weighted by atomic mass is 9.84. The topological polar surface area (TPSA) is 32.3 Å². The van der Waals surface area contributed by atoms with E-state index in [0.717, 1.165) is 17.7 Å². The van der Waals surface area contributed by atoms with E-state index >= 15 is 0 Å². The predicted molar refractivity (Wildman–Crippen MR) is 83.8 cm³/mol. The summed E-state index contributed by atoms with van der Waals surface area (Å²) >= 11 is 0. The van der Waals surface area contributed by atoms with Crippen LogP contribution in [0, 0.1) is 0 Å². The van der Waals surface area contributed by atoms with Crippen molar-refractivity contribution in [2.24, 2.45) is 0 Å². The Hall–Kier alpha value is -1.85. The number of alkyl halides is 3. The van der Waals surface area contributed by atoms with Crippen LogP contribution in [0.4, 0.5) is 13.2 Å². The van der Waals surface area contributed by atoms with Gasteiger partial charge in [-0.25, -0.2) is 0 Å². The summed E-state index contributed by atoms with van der Waals surface area (Å²) in [5.41, 5.74) is -0.0594. The lowest BCUT2D eigenvalue weighted by molar-refractivity contribution is -0.137. The minimum absolute atomic E-state index is 0.458. The van der Waals surface area contributed by atoms with Crippen LogP contribution in [0.2, 0.25) is 0 Å². The van der Waals surface area contributed by atoms with Crippen LogP contribution in [0.1, 0.15) is 30.5 Å². The van der Waals surface area contributed by atoms with Gasteiger partial charge in [0.15, 0.2) is 0 Å². The van der Waals surface area contributed by atoms with Crippen LogP contribution >= 0.6 is 0 Å². The maximum Gasteiger partial charge on any atom is 0.416 e. The Bertz CT molecular complexity index is 640. The molecule has 0 heterocycles. The van der Waals surface area contributed by atoms with Gasteiger partial charge in [-0.15, -0.1) is 0 Å². The van der Waals surface area contributed by atoms with Crippen molar-refractivity contribution in [2.75, 3.05) is 0 Å². The number of benzene rings is 2. The molecule has 2 atom stereocenters. The summed E-state index contributed by atoms with van der Waals surface area (Å²) in [6.07, 6.45) is -4.78. The second-order valence-corrected chi connectivity index (χ2v) is 5.89. The Morgan fingerprint density at radius 2 is 1.61 bits per heavy atom. The molecule has 2 nitrogen and oxygen atoms in total. The molecule has 0 aliphatic rings. The van der Waals surface area contributed by atoms with Gasteiger partial charge in [0.05, 0.1) is 5.56 Å². The lowest BCUT2D eigenvalue weighted by Gasteiger charge is -2.34. The molecule has 0 amide bonds. The van der Waals surface area contributed by atoms with E-state index in [1.165, 1.54) is 6.07 Å². The van der Waals surface area contributed by atoms with Gasteiger partial charge in [0.2, 0.25) is 0 Å². The van der Waals surface area contributed by atoms with Gasteiger partial charge >= 0.3 is 6.18 Å². The zero-order chi connectivity index (χ0) is 17.1. The number of hydrogen-bond acceptors (Lipinski definition) is 2. The van der Waals surface area contributed by atoms with E-state index in [1.54, 1.807) is 19.9 Å². The van der Waals surface area contributed by atoms with Gasteiger partial charge in [-0.1, -0.05) is 42.5 Å². The molecular weight excluding hydrogens is 303 g/mol. The first kappa shape index (κ1) is 17.5. The summed E-state index contributed by atoms with van der Waals surface area (Å²) in [7, 11) is 0. The van der Waals surface area contributed by atoms with Crippen molar-refractivity contribution < 1.29 is 18.3 Å². The third kappa shape index (κ3) is 4.56. The molecule has 0 saturated carbocycles. The van der Waals surface area contributed by atoms with Crippen LogP contribution in [0.5, 0.6) is 0 Å². The molecular formula is C18H20F3NO. The lowest BCUT2D eigenvalue weighted by Crippen LogP contribution is -2.46. The van der Waals surface area contributed by atoms with Gasteiger partial charge in [-0.2, -0.15) is 13.2 Å². The van der Waals surface area contributed by atoms with Crippen molar-refractivity contribution in [3.05, 3.63) is 71.3 Å². The molecule has 2 N–H and O–H groups in total. The first-order chi connectivity index (χ1) is 10.7. The fourth-order valence-electron chi connectivity index (χ4n) is 2.74. The van der Waals surface area contributed by atoms with Crippen LogP contribution < -0.4 is 5.32 Å². The van der Waals surface area contributed by atoms with Crippen LogP contribution in [-0.2, 0) is 18.1 Å². The number of aliphatic hydroxyl groups is 1. The third-order valence-electron chi connectivity index (χ3n) is 3.75. The van der Waals surface area contributed by atoms with Crippen molar-refractivity contribution >= 4 is 0 Å². The number of halogens is 3. The zero-order valence-electron chi connectivity index (χ0n) is 13.1. The summed E-state index contributed by atoms with van der Waals surface area (Å²) in [6.45, 7) is 3.35. The van der Waals surface area contributed by atoms with E-state index in [2.05, 4.69) is 5.32 Å². The Labute approximate surface area is 134 Å². The molecule has 124 valence electrons. The predicted octanol–water partition coefficient (Wildman–Crippen LogP) is 4.09. The molecule has 0 radical (unpaired) electrons. The molecule has 2 rings (SSSR count). The summed E-state index contributed by atoms with van der Waals surface area (Å²) in [5.74, 6) is 0. The summed E-state index contributed by atoms with van der Waals surface area (Å²) < 4.78 is 38.9. The molecule has 0 spiro atoms. The molecule has 2 aromatic carbocycles. The van der Waals surface area contributed by atoms with E-state index in [0.29, 0.717) is 12.0 Å². The maximum atomic E-state index is 13.0. The average molecular weight is 323 g/mol. The highest BCUT2D eigenvalue weighted by Gasteiger charge is 2.34. The second-order valence-electron chi connectivity index (χ2n) is 5.89. The van der Waals surface area contributed by atoms with E-state index in [-0.39, 0.29) is 0 Å². The molecule has 0 aliphatic carbocycles. The Morgan fingerprint density at radius 1 is 1.00 bits per heavy atom. The van der Waals surface area contributed by atoms with Crippen LogP contribution in [0.3, 0.4) is 0 Å².